The third kappa shape index (κ3) is 3.66. The van der Waals surface area contributed by atoms with E-state index >= 15 is 0 Å². The molecule has 7 nitrogen and oxygen atoms in total. The first-order valence-electron chi connectivity index (χ1n) is 8.14. The Labute approximate surface area is 141 Å². The Balaban J connectivity index is 1.49. The van der Waals surface area contributed by atoms with E-state index < -0.39 is 10.0 Å². The highest BCUT2D eigenvalue weighted by atomic mass is 32.2. The number of rotatable bonds is 7. The molecule has 8 heteroatoms. The van der Waals surface area contributed by atoms with Gasteiger partial charge in [0, 0.05) is 19.1 Å². The number of sulfonamides is 1. The van der Waals surface area contributed by atoms with Crippen molar-refractivity contribution in [2.24, 2.45) is 0 Å². The van der Waals surface area contributed by atoms with Gasteiger partial charge < -0.3 is 5.32 Å². The van der Waals surface area contributed by atoms with Crippen molar-refractivity contribution in [3.8, 4) is 0 Å². The van der Waals surface area contributed by atoms with Gasteiger partial charge in [-0.05, 0) is 37.9 Å². The van der Waals surface area contributed by atoms with Gasteiger partial charge in [-0.25, -0.2) is 13.1 Å². The van der Waals surface area contributed by atoms with Crippen LogP contribution in [0, 0.1) is 0 Å². The van der Waals surface area contributed by atoms with Crippen LogP contribution in [0.2, 0.25) is 0 Å². The Hall–Kier alpha value is -1.77. The summed E-state index contributed by atoms with van der Waals surface area (Å²) in [6.07, 6.45) is 2.25. The van der Waals surface area contributed by atoms with E-state index in [0.717, 1.165) is 24.3 Å². The van der Waals surface area contributed by atoms with Crippen molar-refractivity contribution in [1.82, 2.24) is 14.9 Å². The van der Waals surface area contributed by atoms with Crippen molar-refractivity contribution >= 4 is 21.8 Å². The molecule has 0 aliphatic carbocycles. The van der Waals surface area contributed by atoms with Gasteiger partial charge in [-0.2, -0.15) is 0 Å². The van der Waals surface area contributed by atoms with Crippen molar-refractivity contribution in [1.29, 1.82) is 0 Å². The minimum absolute atomic E-state index is 0.104. The molecule has 24 heavy (non-hydrogen) atoms. The Kier molecular flexibility index (Phi) is 4.98. The summed E-state index contributed by atoms with van der Waals surface area (Å²) in [6, 6.07) is 6.83. The van der Waals surface area contributed by atoms with Crippen LogP contribution in [0.1, 0.15) is 40.0 Å². The zero-order chi connectivity index (χ0) is 17.2. The van der Waals surface area contributed by atoms with Crippen LogP contribution in [-0.2, 0) is 10.0 Å². The average molecular weight is 351 g/mol. The maximum Gasteiger partial charge on any atom is 0.261 e. The number of amides is 2. The van der Waals surface area contributed by atoms with Crippen molar-refractivity contribution in [3.63, 3.8) is 0 Å². The molecular weight excluding hydrogens is 330 g/mol. The van der Waals surface area contributed by atoms with Crippen LogP contribution in [0.4, 0.5) is 0 Å². The van der Waals surface area contributed by atoms with Gasteiger partial charge in [0.05, 0.1) is 16.9 Å². The monoisotopic (exact) mass is 351 g/mol. The molecule has 0 saturated carbocycles. The summed E-state index contributed by atoms with van der Waals surface area (Å²) in [5, 5.41) is 3.23. The van der Waals surface area contributed by atoms with Crippen molar-refractivity contribution in [2.75, 3.05) is 25.4 Å². The van der Waals surface area contributed by atoms with Crippen LogP contribution in [0.15, 0.2) is 24.3 Å². The molecule has 0 bridgehead atoms. The number of imide groups is 1. The van der Waals surface area contributed by atoms with Crippen molar-refractivity contribution in [2.45, 2.75) is 25.3 Å². The lowest BCUT2D eigenvalue weighted by molar-refractivity contribution is 0.0654. The fourth-order valence-electron chi connectivity index (χ4n) is 3.09. The number of benzene rings is 1. The summed E-state index contributed by atoms with van der Waals surface area (Å²) in [6.45, 7) is 1.41. The maximum absolute atomic E-state index is 12.2. The largest absolute Gasteiger partial charge is 0.313 e. The summed E-state index contributed by atoms with van der Waals surface area (Å²) in [5.41, 5.74) is 0.770. The molecule has 2 aliphatic heterocycles. The first-order valence-corrected chi connectivity index (χ1v) is 9.79. The predicted octanol–water partition coefficient (Wildman–Crippen LogP) is 0.344. The van der Waals surface area contributed by atoms with E-state index in [1.165, 1.54) is 0 Å². The zero-order valence-corrected chi connectivity index (χ0v) is 14.1. The van der Waals surface area contributed by atoms with Gasteiger partial charge in [0.25, 0.3) is 11.8 Å². The molecular formula is C16H21N3O4S. The molecule has 1 aromatic rings. The highest BCUT2D eigenvalue weighted by Gasteiger charge is 2.34. The third-order valence-electron chi connectivity index (χ3n) is 4.38. The van der Waals surface area contributed by atoms with Gasteiger partial charge in [0.1, 0.15) is 0 Å². The number of carbonyl (C=O) groups is 2. The molecule has 1 fully saturated rings. The highest BCUT2D eigenvalue weighted by molar-refractivity contribution is 7.89. The summed E-state index contributed by atoms with van der Waals surface area (Å²) in [5.74, 6) is -0.806. The van der Waals surface area contributed by atoms with Crippen LogP contribution in [-0.4, -0.2) is 56.6 Å². The van der Waals surface area contributed by atoms with E-state index in [1.54, 1.807) is 24.3 Å². The molecule has 2 N–H and O–H groups in total. The molecule has 0 spiro atoms. The minimum atomic E-state index is -3.40. The average Bonchev–Trinajstić information content (AvgIpc) is 3.16. The number of hydrogen-bond donors (Lipinski definition) is 2. The normalized spacial score (nSPS) is 20.7. The Morgan fingerprint density at radius 2 is 1.83 bits per heavy atom. The number of nitrogens with zero attached hydrogens (tertiary/aromatic N) is 1. The van der Waals surface area contributed by atoms with E-state index in [1.807, 2.05) is 0 Å². The number of fused-ring (bicyclic) bond motifs is 1. The highest BCUT2D eigenvalue weighted by Crippen LogP contribution is 2.22. The topological polar surface area (TPSA) is 95.6 Å². The third-order valence-corrected chi connectivity index (χ3v) is 5.82. The Morgan fingerprint density at radius 3 is 2.42 bits per heavy atom. The molecule has 1 atom stereocenters. The van der Waals surface area contributed by atoms with E-state index in [4.69, 9.17) is 0 Å². The SMILES string of the molecule is O=C1c2ccccc2C(=O)N1CCCS(=O)(=O)NCC1CCCN1. The van der Waals surface area contributed by atoms with E-state index in [2.05, 4.69) is 10.0 Å². The summed E-state index contributed by atoms with van der Waals surface area (Å²) in [4.78, 5) is 25.5. The van der Waals surface area contributed by atoms with Crippen LogP contribution in [0.3, 0.4) is 0 Å². The summed E-state index contributed by atoms with van der Waals surface area (Å²) >= 11 is 0. The molecule has 0 radical (unpaired) electrons. The molecule has 2 aliphatic rings. The molecule has 130 valence electrons. The maximum atomic E-state index is 12.2. The lowest BCUT2D eigenvalue weighted by Gasteiger charge is -2.15. The molecule has 1 saturated heterocycles. The second kappa shape index (κ2) is 7.00. The Bertz CT molecular complexity index is 706. The smallest absolute Gasteiger partial charge is 0.261 e. The van der Waals surface area contributed by atoms with Crippen molar-refractivity contribution in [3.05, 3.63) is 35.4 Å². The Morgan fingerprint density at radius 1 is 1.17 bits per heavy atom. The molecule has 1 aromatic carbocycles. The molecule has 2 amide bonds. The summed E-state index contributed by atoms with van der Waals surface area (Å²) in [7, 11) is -3.40. The molecule has 3 rings (SSSR count). The molecule has 1 unspecified atom stereocenters. The van der Waals surface area contributed by atoms with E-state index in [9.17, 15) is 18.0 Å². The predicted molar refractivity (Wildman–Crippen MR) is 89.2 cm³/mol. The first-order chi connectivity index (χ1) is 11.5. The number of carbonyl (C=O) groups excluding carboxylic acids is 2. The van der Waals surface area contributed by atoms with Gasteiger partial charge in [-0.1, -0.05) is 12.1 Å². The minimum Gasteiger partial charge on any atom is -0.313 e. The number of hydrogen-bond acceptors (Lipinski definition) is 5. The van der Waals surface area contributed by atoms with Crippen LogP contribution in [0.5, 0.6) is 0 Å². The number of nitrogens with one attached hydrogen (secondary N) is 2. The van der Waals surface area contributed by atoms with Crippen LogP contribution < -0.4 is 10.0 Å². The second-order valence-corrected chi connectivity index (χ2v) is 8.05. The van der Waals surface area contributed by atoms with E-state index in [0.29, 0.717) is 17.7 Å². The van der Waals surface area contributed by atoms with Gasteiger partial charge in [-0.15, -0.1) is 0 Å². The van der Waals surface area contributed by atoms with Crippen molar-refractivity contribution < 1.29 is 18.0 Å². The fraction of sp³-hybridized carbons (Fsp3) is 0.500. The zero-order valence-electron chi connectivity index (χ0n) is 13.3. The molecule has 2 heterocycles. The molecule has 0 aromatic heterocycles. The fourth-order valence-corrected chi connectivity index (χ4v) is 4.19. The van der Waals surface area contributed by atoms with E-state index in [-0.39, 0.29) is 36.6 Å². The first kappa shape index (κ1) is 17.1. The van der Waals surface area contributed by atoms with Crippen LogP contribution >= 0.6 is 0 Å². The lowest BCUT2D eigenvalue weighted by atomic mass is 10.1. The van der Waals surface area contributed by atoms with Crippen LogP contribution in [0.25, 0.3) is 0 Å². The summed E-state index contributed by atoms with van der Waals surface area (Å²) < 4.78 is 26.6. The van der Waals surface area contributed by atoms with Gasteiger partial charge in [-0.3, -0.25) is 14.5 Å². The second-order valence-electron chi connectivity index (χ2n) is 6.12. The van der Waals surface area contributed by atoms with Gasteiger partial charge in [0.2, 0.25) is 10.0 Å². The lowest BCUT2D eigenvalue weighted by Crippen LogP contribution is -2.39. The van der Waals surface area contributed by atoms with Gasteiger partial charge in [0.15, 0.2) is 0 Å². The van der Waals surface area contributed by atoms with Gasteiger partial charge >= 0.3 is 0 Å². The quantitative estimate of drug-likeness (QED) is 0.691. The standard InChI is InChI=1S/C16H21N3O4S/c20-15-13-6-1-2-7-14(13)16(21)19(15)9-4-10-24(22,23)18-11-12-5-3-8-17-12/h1-2,6-7,12,17-18H,3-5,8-11H2.